The summed E-state index contributed by atoms with van der Waals surface area (Å²) in [6.45, 7) is 9.23. The summed E-state index contributed by atoms with van der Waals surface area (Å²) in [7, 11) is 0. The molecule has 0 aromatic heterocycles. The van der Waals surface area contributed by atoms with Gasteiger partial charge in [-0.1, -0.05) is 43.3 Å². The Labute approximate surface area is 191 Å². The van der Waals surface area contributed by atoms with E-state index >= 15 is 0 Å². The summed E-state index contributed by atoms with van der Waals surface area (Å²) in [6.07, 6.45) is 2.97. The Morgan fingerprint density at radius 2 is 1.72 bits per heavy atom. The van der Waals surface area contributed by atoms with Gasteiger partial charge in [-0.2, -0.15) is 0 Å². The highest BCUT2D eigenvalue weighted by atomic mass is 16.5. The van der Waals surface area contributed by atoms with E-state index in [-0.39, 0.29) is 23.9 Å². The smallest absolute Gasteiger partial charge is 0.251 e. The van der Waals surface area contributed by atoms with Crippen molar-refractivity contribution in [3.8, 4) is 11.1 Å². The summed E-state index contributed by atoms with van der Waals surface area (Å²) in [5, 5.41) is 6.17. The van der Waals surface area contributed by atoms with Crippen LogP contribution in [0.5, 0.6) is 0 Å². The van der Waals surface area contributed by atoms with Gasteiger partial charge in [0.25, 0.3) is 5.91 Å². The molecular weight excluding hydrogens is 400 g/mol. The van der Waals surface area contributed by atoms with Crippen molar-refractivity contribution in [3.05, 3.63) is 59.7 Å². The van der Waals surface area contributed by atoms with Crippen molar-refractivity contribution in [1.82, 2.24) is 10.6 Å². The van der Waals surface area contributed by atoms with Crippen LogP contribution in [0, 0.1) is 5.41 Å². The van der Waals surface area contributed by atoms with Gasteiger partial charge in [0.15, 0.2) is 0 Å². The molecule has 0 radical (unpaired) electrons. The molecule has 2 amide bonds. The topological polar surface area (TPSA) is 67.4 Å². The lowest BCUT2D eigenvalue weighted by atomic mass is 9.73. The SMILES string of the molecule is CC[C@@H](C)NC(=O)C1(Cc2ccccc2-c2cccc(C(=O)NC(C)C)c2)CCOCC1. The maximum absolute atomic E-state index is 13.4. The van der Waals surface area contributed by atoms with Crippen molar-refractivity contribution >= 4 is 11.8 Å². The molecule has 0 aliphatic carbocycles. The average Bonchev–Trinajstić information content (AvgIpc) is 2.79. The number of hydrogen-bond donors (Lipinski definition) is 2. The molecule has 1 aliphatic heterocycles. The fourth-order valence-corrected chi connectivity index (χ4v) is 4.22. The normalized spacial score (nSPS) is 16.4. The lowest BCUT2D eigenvalue weighted by Gasteiger charge is -2.37. The number of amides is 2. The maximum Gasteiger partial charge on any atom is 0.251 e. The fourth-order valence-electron chi connectivity index (χ4n) is 4.22. The van der Waals surface area contributed by atoms with E-state index in [2.05, 4.69) is 29.7 Å². The van der Waals surface area contributed by atoms with E-state index in [4.69, 9.17) is 4.74 Å². The van der Waals surface area contributed by atoms with Gasteiger partial charge in [-0.25, -0.2) is 0 Å². The molecule has 1 saturated heterocycles. The van der Waals surface area contributed by atoms with Crippen LogP contribution >= 0.6 is 0 Å². The number of ether oxygens (including phenoxy) is 1. The van der Waals surface area contributed by atoms with E-state index in [1.165, 1.54) is 0 Å². The number of nitrogens with one attached hydrogen (secondary N) is 2. The van der Waals surface area contributed by atoms with E-state index < -0.39 is 5.41 Å². The third kappa shape index (κ3) is 5.77. The third-order valence-corrected chi connectivity index (χ3v) is 6.32. The van der Waals surface area contributed by atoms with Gasteiger partial charge in [-0.15, -0.1) is 0 Å². The first-order valence-corrected chi connectivity index (χ1v) is 11.7. The summed E-state index contributed by atoms with van der Waals surface area (Å²) in [6, 6.07) is 16.2. The van der Waals surface area contributed by atoms with Gasteiger partial charge in [0, 0.05) is 30.9 Å². The molecule has 0 saturated carbocycles. The van der Waals surface area contributed by atoms with Crippen molar-refractivity contribution in [1.29, 1.82) is 0 Å². The van der Waals surface area contributed by atoms with Gasteiger partial charge in [0.2, 0.25) is 5.91 Å². The van der Waals surface area contributed by atoms with Crippen molar-refractivity contribution in [3.63, 3.8) is 0 Å². The summed E-state index contributed by atoms with van der Waals surface area (Å²) in [5.74, 6) is 0.0446. The van der Waals surface area contributed by atoms with Gasteiger partial charge in [-0.3, -0.25) is 9.59 Å². The van der Waals surface area contributed by atoms with Crippen LogP contribution in [0.4, 0.5) is 0 Å². The van der Waals surface area contributed by atoms with Crippen molar-refractivity contribution < 1.29 is 14.3 Å². The van der Waals surface area contributed by atoms with Crippen molar-refractivity contribution in [2.24, 2.45) is 5.41 Å². The molecule has 0 bridgehead atoms. The molecule has 1 atom stereocenters. The summed E-state index contributed by atoms with van der Waals surface area (Å²) < 4.78 is 5.61. The van der Waals surface area contributed by atoms with Crippen LogP contribution in [0.2, 0.25) is 0 Å². The molecule has 0 unspecified atom stereocenters. The molecule has 2 aromatic rings. The molecular formula is C27H36N2O3. The predicted molar refractivity (Wildman–Crippen MR) is 129 cm³/mol. The number of carbonyl (C=O) groups is 2. The molecule has 0 spiro atoms. The minimum Gasteiger partial charge on any atom is -0.381 e. The molecule has 1 heterocycles. The number of rotatable bonds is 8. The van der Waals surface area contributed by atoms with Gasteiger partial charge in [0.1, 0.15) is 0 Å². The number of carbonyl (C=O) groups excluding carboxylic acids is 2. The first kappa shape index (κ1) is 24.0. The molecule has 2 aromatic carbocycles. The predicted octanol–water partition coefficient (Wildman–Crippen LogP) is 4.75. The van der Waals surface area contributed by atoms with E-state index in [9.17, 15) is 9.59 Å². The molecule has 1 aliphatic rings. The second-order valence-electron chi connectivity index (χ2n) is 9.22. The van der Waals surface area contributed by atoms with E-state index in [0.717, 1.165) is 23.1 Å². The summed E-state index contributed by atoms with van der Waals surface area (Å²) >= 11 is 0. The Kier molecular flexibility index (Phi) is 8.08. The summed E-state index contributed by atoms with van der Waals surface area (Å²) in [5.41, 5.74) is 3.33. The Bertz CT molecular complexity index is 932. The second kappa shape index (κ2) is 10.8. The molecule has 2 N–H and O–H groups in total. The molecule has 3 rings (SSSR count). The monoisotopic (exact) mass is 436 g/mol. The van der Waals surface area contributed by atoms with Crippen LogP contribution in [0.25, 0.3) is 11.1 Å². The fraction of sp³-hybridized carbons (Fsp3) is 0.481. The van der Waals surface area contributed by atoms with E-state index in [0.29, 0.717) is 38.0 Å². The number of hydrogen-bond acceptors (Lipinski definition) is 3. The van der Waals surface area contributed by atoms with Crippen LogP contribution in [-0.4, -0.2) is 37.1 Å². The zero-order chi connectivity index (χ0) is 23.1. The standard InChI is InChI=1S/C27H36N2O3/c1-5-20(4)29-26(31)27(13-15-32-16-14-27)18-23-9-6-7-12-24(23)21-10-8-11-22(17-21)25(30)28-19(2)3/h6-12,17,19-20H,5,13-16,18H2,1-4H3,(H,28,30)(H,29,31)/t20-/m1/s1. The van der Waals surface area contributed by atoms with E-state index in [1.54, 1.807) is 0 Å². The minimum absolute atomic E-state index is 0.0758. The Morgan fingerprint density at radius 3 is 2.41 bits per heavy atom. The highest BCUT2D eigenvalue weighted by Crippen LogP contribution is 2.38. The highest BCUT2D eigenvalue weighted by Gasteiger charge is 2.40. The molecule has 32 heavy (non-hydrogen) atoms. The van der Waals surface area contributed by atoms with Gasteiger partial charge in [-0.05, 0) is 75.3 Å². The minimum atomic E-state index is -0.482. The Hall–Kier alpha value is -2.66. The van der Waals surface area contributed by atoms with E-state index in [1.807, 2.05) is 57.2 Å². The first-order valence-electron chi connectivity index (χ1n) is 11.7. The first-order chi connectivity index (χ1) is 15.3. The number of benzene rings is 2. The molecule has 5 heteroatoms. The van der Waals surface area contributed by atoms with Crippen LogP contribution in [0.1, 0.15) is 62.9 Å². The lowest BCUT2D eigenvalue weighted by molar-refractivity contribution is -0.137. The van der Waals surface area contributed by atoms with Crippen LogP contribution in [0.3, 0.4) is 0 Å². The lowest BCUT2D eigenvalue weighted by Crippen LogP contribution is -2.48. The van der Waals surface area contributed by atoms with Crippen LogP contribution < -0.4 is 10.6 Å². The zero-order valence-electron chi connectivity index (χ0n) is 19.7. The van der Waals surface area contributed by atoms with Gasteiger partial charge in [0.05, 0.1) is 5.41 Å². The molecule has 5 nitrogen and oxygen atoms in total. The molecule has 1 fully saturated rings. The summed E-state index contributed by atoms with van der Waals surface area (Å²) in [4.78, 5) is 25.9. The Morgan fingerprint density at radius 1 is 1.00 bits per heavy atom. The second-order valence-corrected chi connectivity index (χ2v) is 9.22. The van der Waals surface area contributed by atoms with Gasteiger partial charge < -0.3 is 15.4 Å². The van der Waals surface area contributed by atoms with Crippen molar-refractivity contribution in [2.75, 3.05) is 13.2 Å². The van der Waals surface area contributed by atoms with Crippen molar-refractivity contribution in [2.45, 2.75) is 65.5 Å². The Balaban J connectivity index is 1.93. The third-order valence-electron chi connectivity index (χ3n) is 6.32. The van der Waals surface area contributed by atoms with Crippen LogP contribution in [0.15, 0.2) is 48.5 Å². The quantitative estimate of drug-likeness (QED) is 0.628. The highest BCUT2D eigenvalue weighted by molar-refractivity contribution is 5.95. The largest absolute Gasteiger partial charge is 0.381 e. The van der Waals surface area contributed by atoms with Gasteiger partial charge >= 0.3 is 0 Å². The zero-order valence-corrected chi connectivity index (χ0v) is 19.7. The van der Waals surface area contributed by atoms with Crippen LogP contribution in [-0.2, 0) is 16.0 Å². The average molecular weight is 437 g/mol. The maximum atomic E-state index is 13.4. The molecule has 172 valence electrons.